The Morgan fingerprint density at radius 3 is 2.60 bits per heavy atom. The molecule has 0 atom stereocenters. The first-order chi connectivity index (χ1) is 7.17. The lowest BCUT2D eigenvalue weighted by Crippen LogP contribution is -2.63. The molecule has 0 unspecified atom stereocenters. The molecule has 3 rings (SSSR count). The lowest BCUT2D eigenvalue weighted by atomic mass is 9.89. The fraction of sp³-hybridized carbons (Fsp3) is 0.600. The van der Waals surface area contributed by atoms with Gasteiger partial charge in [0.25, 0.3) is 0 Å². The van der Waals surface area contributed by atoms with Gasteiger partial charge in [0.2, 0.25) is 0 Å². The van der Waals surface area contributed by atoms with E-state index in [1.807, 2.05) is 11.0 Å². The van der Waals surface area contributed by atoms with Crippen molar-refractivity contribution in [1.29, 1.82) is 0 Å². The van der Waals surface area contributed by atoms with E-state index >= 15 is 0 Å². The second kappa shape index (κ2) is 3.06. The average Bonchev–Trinajstić information content (AvgIpc) is 2.98. The molecule has 1 aliphatic heterocycles. The van der Waals surface area contributed by atoms with Gasteiger partial charge < -0.3 is 10.0 Å². The summed E-state index contributed by atoms with van der Waals surface area (Å²) in [6.07, 6.45) is 2.33. The van der Waals surface area contributed by atoms with E-state index in [1.165, 1.54) is 0 Å². The summed E-state index contributed by atoms with van der Waals surface area (Å²) in [6.45, 7) is 1.35. The summed E-state index contributed by atoms with van der Waals surface area (Å²) < 4.78 is 0. The van der Waals surface area contributed by atoms with E-state index in [0.29, 0.717) is 24.2 Å². The number of β-amino-alcohol motifs (C(OH)–C–C–N with tert-alkyl or cyclic N) is 1. The highest BCUT2D eigenvalue weighted by atomic mass is 35.5. The van der Waals surface area contributed by atoms with Crippen molar-refractivity contribution in [2.45, 2.75) is 18.4 Å². The largest absolute Gasteiger partial charge is 0.386 e. The molecule has 0 bridgehead atoms. The van der Waals surface area contributed by atoms with Crippen LogP contribution in [-0.4, -0.2) is 34.0 Å². The molecule has 1 aromatic rings. The smallest absolute Gasteiger partial charge is 0.151 e. The zero-order valence-corrected chi connectivity index (χ0v) is 8.98. The van der Waals surface area contributed by atoms with Crippen LogP contribution in [0.5, 0.6) is 0 Å². The Morgan fingerprint density at radius 2 is 2.07 bits per heavy atom. The predicted octanol–water partition coefficient (Wildman–Crippen LogP) is 1.09. The van der Waals surface area contributed by atoms with Crippen LogP contribution >= 0.6 is 11.6 Å². The maximum atomic E-state index is 10.1. The molecule has 1 saturated carbocycles. The van der Waals surface area contributed by atoms with Crippen molar-refractivity contribution in [2.75, 3.05) is 18.0 Å². The molecule has 1 N–H and O–H groups in total. The second-order valence-electron chi connectivity index (χ2n) is 4.45. The van der Waals surface area contributed by atoms with Crippen molar-refractivity contribution in [3.63, 3.8) is 0 Å². The van der Waals surface area contributed by atoms with E-state index < -0.39 is 5.60 Å². The predicted molar refractivity (Wildman–Crippen MR) is 56.9 cm³/mol. The summed E-state index contributed by atoms with van der Waals surface area (Å²) in [5.74, 6) is 1.30. The fourth-order valence-electron chi connectivity index (χ4n) is 2.13. The molecule has 5 heteroatoms. The van der Waals surface area contributed by atoms with E-state index in [1.54, 1.807) is 6.07 Å². The fourth-order valence-corrected chi connectivity index (χ4v) is 2.23. The molecule has 1 aliphatic carbocycles. The highest BCUT2D eigenvalue weighted by Crippen LogP contribution is 2.45. The Balaban J connectivity index is 1.69. The quantitative estimate of drug-likeness (QED) is 0.819. The highest BCUT2D eigenvalue weighted by molar-refractivity contribution is 6.29. The lowest BCUT2D eigenvalue weighted by Gasteiger charge is -2.47. The van der Waals surface area contributed by atoms with E-state index in [-0.39, 0.29) is 0 Å². The van der Waals surface area contributed by atoms with Crippen LogP contribution in [0.15, 0.2) is 12.1 Å². The lowest BCUT2D eigenvalue weighted by molar-refractivity contribution is -0.00981. The zero-order chi connectivity index (χ0) is 10.5. The van der Waals surface area contributed by atoms with Gasteiger partial charge in [0.1, 0.15) is 5.60 Å². The Labute approximate surface area is 92.9 Å². The first kappa shape index (κ1) is 9.36. The van der Waals surface area contributed by atoms with Gasteiger partial charge in [-0.15, -0.1) is 10.2 Å². The van der Waals surface area contributed by atoms with Gasteiger partial charge in [0.15, 0.2) is 11.0 Å². The van der Waals surface area contributed by atoms with Gasteiger partial charge in [-0.05, 0) is 30.9 Å². The first-order valence-electron chi connectivity index (χ1n) is 5.14. The minimum atomic E-state index is -0.471. The van der Waals surface area contributed by atoms with E-state index in [4.69, 9.17) is 11.6 Å². The summed E-state index contributed by atoms with van der Waals surface area (Å²) in [7, 11) is 0. The number of rotatable bonds is 2. The van der Waals surface area contributed by atoms with Gasteiger partial charge in [-0.1, -0.05) is 11.6 Å². The Hall–Kier alpha value is -0.870. The van der Waals surface area contributed by atoms with E-state index in [9.17, 15) is 5.11 Å². The van der Waals surface area contributed by atoms with Gasteiger partial charge >= 0.3 is 0 Å². The van der Waals surface area contributed by atoms with E-state index in [0.717, 1.165) is 18.7 Å². The molecule has 2 heterocycles. The molecule has 0 amide bonds. The molecule has 1 saturated heterocycles. The van der Waals surface area contributed by atoms with Crippen LogP contribution in [0.2, 0.25) is 5.15 Å². The van der Waals surface area contributed by atoms with Crippen molar-refractivity contribution < 1.29 is 5.11 Å². The minimum absolute atomic E-state index is 0.400. The number of halogens is 1. The first-order valence-corrected chi connectivity index (χ1v) is 5.52. The third kappa shape index (κ3) is 1.58. The molecule has 4 nitrogen and oxygen atoms in total. The molecular formula is C10H12ClN3O. The standard InChI is InChI=1S/C10H12ClN3O/c11-8-3-4-9(13-12-8)14-5-10(15,6-14)7-1-2-7/h3-4,7,15H,1-2,5-6H2. The average molecular weight is 226 g/mol. The minimum Gasteiger partial charge on any atom is -0.386 e. The van der Waals surface area contributed by atoms with Crippen LogP contribution in [-0.2, 0) is 0 Å². The summed E-state index contributed by atoms with van der Waals surface area (Å²) >= 11 is 5.65. The second-order valence-corrected chi connectivity index (χ2v) is 4.84. The van der Waals surface area contributed by atoms with Crippen LogP contribution in [0.25, 0.3) is 0 Å². The van der Waals surface area contributed by atoms with Gasteiger partial charge in [-0.2, -0.15) is 0 Å². The van der Waals surface area contributed by atoms with Crippen molar-refractivity contribution in [3.8, 4) is 0 Å². The van der Waals surface area contributed by atoms with Crippen molar-refractivity contribution in [2.24, 2.45) is 5.92 Å². The molecule has 0 aromatic carbocycles. The number of hydrogen-bond donors (Lipinski definition) is 1. The molecule has 0 spiro atoms. The topological polar surface area (TPSA) is 49.2 Å². The van der Waals surface area contributed by atoms with Crippen LogP contribution in [0, 0.1) is 5.92 Å². The summed E-state index contributed by atoms with van der Waals surface area (Å²) in [5.41, 5.74) is -0.471. The zero-order valence-electron chi connectivity index (χ0n) is 8.23. The SMILES string of the molecule is OC1(C2CC2)CN(c2ccc(Cl)nn2)C1. The number of aliphatic hydroxyl groups is 1. The Bertz CT molecular complexity index is 371. The monoisotopic (exact) mass is 225 g/mol. The highest BCUT2D eigenvalue weighted by Gasteiger charge is 2.52. The van der Waals surface area contributed by atoms with Gasteiger partial charge in [0.05, 0.1) is 13.1 Å². The number of nitrogens with zero attached hydrogens (tertiary/aromatic N) is 3. The molecule has 15 heavy (non-hydrogen) atoms. The van der Waals surface area contributed by atoms with Crippen molar-refractivity contribution in [1.82, 2.24) is 10.2 Å². The molecule has 1 aromatic heterocycles. The van der Waals surface area contributed by atoms with Gasteiger partial charge in [-0.25, -0.2) is 0 Å². The molecular weight excluding hydrogens is 214 g/mol. The van der Waals surface area contributed by atoms with Crippen LogP contribution in [0.3, 0.4) is 0 Å². The number of aromatic nitrogens is 2. The van der Waals surface area contributed by atoms with Crippen LogP contribution in [0.1, 0.15) is 12.8 Å². The third-order valence-electron chi connectivity index (χ3n) is 3.21. The molecule has 0 radical (unpaired) electrons. The van der Waals surface area contributed by atoms with Crippen molar-refractivity contribution in [3.05, 3.63) is 17.3 Å². The van der Waals surface area contributed by atoms with Crippen molar-refractivity contribution >= 4 is 17.4 Å². The van der Waals surface area contributed by atoms with Gasteiger partial charge in [-0.3, -0.25) is 0 Å². The Kier molecular flexibility index (Phi) is 1.91. The summed E-state index contributed by atoms with van der Waals surface area (Å²) in [6, 6.07) is 3.56. The molecule has 80 valence electrons. The van der Waals surface area contributed by atoms with Crippen LogP contribution in [0.4, 0.5) is 5.82 Å². The maximum absolute atomic E-state index is 10.1. The van der Waals surface area contributed by atoms with Gasteiger partial charge in [0, 0.05) is 0 Å². The Morgan fingerprint density at radius 1 is 1.33 bits per heavy atom. The number of hydrogen-bond acceptors (Lipinski definition) is 4. The maximum Gasteiger partial charge on any atom is 0.151 e. The molecule has 2 aliphatic rings. The third-order valence-corrected chi connectivity index (χ3v) is 3.41. The number of anilines is 1. The molecule has 2 fully saturated rings. The summed E-state index contributed by atoms with van der Waals surface area (Å²) in [5, 5.41) is 18.3. The summed E-state index contributed by atoms with van der Waals surface area (Å²) in [4.78, 5) is 2.03. The van der Waals surface area contributed by atoms with Crippen LogP contribution < -0.4 is 4.90 Å². The van der Waals surface area contributed by atoms with E-state index in [2.05, 4.69) is 10.2 Å². The normalized spacial score (nSPS) is 23.7.